The highest BCUT2D eigenvalue weighted by molar-refractivity contribution is 6.51. The number of benzene rings is 2. The maximum absolute atomic E-state index is 9.05. The minimum absolute atomic E-state index is 0.0274. The van der Waals surface area contributed by atoms with Gasteiger partial charge >= 0.3 is 0 Å². The normalized spacial score (nSPS) is 11.9. The fourth-order valence-corrected chi connectivity index (χ4v) is 3.06. The standard InChI is InChI=1S/C21H21BN3/c1-17(15-23)16-25-13-12-24-21(25)22-14-20(18-8-4-2-5-9-18)19-10-6-3-7-11-19/h2-13,17,20H,14,16H2,1H3. The van der Waals surface area contributed by atoms with Gasteiger partial charge in [-0.3, -0.25) is 4.98 Å². The molecule has 3 aromatic rings. The van der Waals surface area contributed by atoms with Gasteiger partial charge in [0.25, 0.3) is 0 Å². The first-order valence-corrected chi connectivity index (χ1v) is 8.61. The summed E-state index contributed by atoms with van der Waals surface area (Å²) in [5.41, 5.74) is 3.53. The van der Waals surface area contributed by atoms with Crippen molar-refractivity contribution in [3.05, 3.63) is 84.2 Å². The van der Waals surface area contributed by atoms with Gasteiger partial charge in [0.15, 0.2) is 0 Å². The first kappa shape index (κ1) is 17.0. The summed E-state index contributed by atoms with van der Waals surface area (Å²) in [6.07, 6.45) is 4.61. The van der Waals surface area contributed by atoms with Crippen molar-refractivity contribution in [1.29, 1.82) is 5.26 Å². The van der Waals surface area contributed by atoms with E-state index in [1.54, 1.807) is 6.20 Å². The van der Waals surface area contributed by atoms with E-state index in [1.165, 1.54) is 11.1 Å². The van der Waals surface area contributed by atoms with Crippen LogP contribution in [0.4, 0.5) is 0 Å². The molecule has 1 aromatic heterocycles. The van der Waals surface area contributed by atoms with Crippen LogP contribution in [0.3, 0.4) is 0 Å². The number of hydrogen-bond acceptors (Lipinski definition) is 2. The van der Waals surface area contributed by atoms with Crippen LogP contribution >= 0.6 is 0 Å². The van der Waals surface area contributed by atoms with Crippen molar-refractivity contribution in [2.45, 2.75) is 25.7 Å². The van der Waals surface area contributed by atoms with Crippen LogP contribution in [-0.2, 0) is 6.54 Å². The Balaban J connectivity index is 1.79. The molecule has 0 saturated heterocycles. The molecule has 0 saturated carbocycles. The number of aromatic nitrogens is 2. The maximum Gasteiger partial charge on any atom is 0.202 e. The second-order valence-electron chi connectivity index (χ2n) is 6.28. The molecule has 123 valence electrons. The number of hydrogen-bond donors (Lipinski definition) is 0. The summed E-state index contributed by atoms with van der Waals surface area (Å²) < 4.78 is 2.06. The van der Waals surface area contributed by atoms with Gasteiger partial charge in [0, 0.05) is 24.9 Å². The monoisotopic (exact) mass is 326 g/mol. The Morgan fingerprint density at radius 3 is 2.20 bits per heavy atom. The van der Waals surface area contributed by atoms with Crippen molar-refractivity contribution in [2.75, 3.05) is 0 Å². The fraction of sp³-hybridized carbons (Fsp3) is 0.238. The third-order valence-electron chi connectivity index (χ3n) is 4.38. The average Bonchev–Trinajstić information content (AvgIpc) is 3.10. The third kappa shape index (κ3) is 4.39. The van der Waals surface area contributed by atoms with Crippen LogP contribution in [0.5, 0.6) is 0 Å². The van der Waals surface area contributed by atoms with Gasteiger partial charge in [0.05, 0.1) is 17.7 Å². The molecule has 1 radical (unpaired) electrons. The molecule has 1 unspecified atom stereocenters. The zero-order valence-electron chi connectivity index (χ0n) is 14.4. The van der Waals surface area contributed by atoms with E-state index in [1.807, 2.05) is 25.3 Å². The molecule has 0 N–H and O–H groups in total. The lowest BCUT2D eigenvalue weighted by molar-refractivity contribution is 0.590. The van der Waals surface area contributed by atoms with Crippen LogP contribution in [0.25, 0.3) is 0 Å². The number of imidazole rings is 1. The third-order valence-corrected chi connectivity index (χ3v) is 4.38. The van der Waals surface area contributed by atoms with E-state index in [0.29, 0.717) is 12.5 Å². The van der Waals surface area contributed by atoms with Gasteiger partial charge in [-0.05, 0) is 18.1 Å². The summed E-state index contributed by atoms with van der Waals surface area (Å²) in [5.74, 6) is 0.265. The summed E-state index contributed by atoms with van der Waals surface area (Å²) in [7, 11) is 2.18. The fourth-order valence-electron chi connectivity index (χ4n) is 3.06. The summed E-state index contributed by atoms with van der Waals surface area (Å²) in [6, 6.07) is 23.4. The molecule has 0 aliphatic rings. The highest BCUT2D eigenvalue weighted by Crippen LogP contribution is 2.27. The molecule has 25 heavy (non-hydrogen) atoms. The van der Waals surface area contributed by atoms with E-state index in [-0.39, 0.29) is 5.92 Å². The maximum atomic E-state index is 9.05. The number of nitrogens with zero attached hydrogens (tertiary/aromatic N) is 3. The molecular weight excluding hydrogens is 305 g/mol. The van der Waals surface area contributed by atoms with Crippen molar-refractivity contribution in [1.82, 2.24) is 9.55 Å². The molecule has 0 aliphatic heterocycles. The Morgan fingerprint density at radius 1 is 1.04 bits per heavy atom. The van der Waals surface area contributed by atoms with E-state index in [2.05, 4.69) is 71.4 Å². The van der Waals surface area contributed by atoms with Crippen LogP contribution in [0.15, 0.2) is 73.1 Å². The molecule has 1 heterocycles. The predicted octanol–water partition coefficient (Wildman–Crippen LogP) is 3.62. The Hall–Kier alpha value is -2.80. The van der Waals surface area contributed by atoms with E-state index in [4.69, 9.17) is 5.26 Å². The van der Waals surface area contributed by atoms with Gasteiger partial charge < -0.3 is 4.57 Å². The lowest BCUT2D eigenvalue weighted by atomic mass is 9.65. The van der Waals surface area contributed by atoms with Gasteiger partial charge in [0.2, 0.25) is 7.28 Å². The van der Waals surface area contributed by atoms with E-state index in [9.17, 15) is 0 Å². The van der Waals surface area contributed by atoms with Gasteiger partial charge in [-0.25, -0.2) is 0 Å². The van der Waals surface area contributed by atoms with E-state index in [0.717, 1.165) is 12.0 Å². The molecule has 3 nitrogen and oxygen atoms in total. The summed E-state index contributed by atoms with van der Waals surface area (Å²) in [4.78, 5) is 4.46. The second kappa shape index (κ2) is 8.35. The van der Waals surface area contributed by atoms with Gasteiger partial charge in [-0.2, -0.15) is 5.26 Å². The Labute approximate surface area is 150 Å². The Bertz CT molecular complexity index is 782. The van der Waals surface area contributed by atoms with Crippen LogP contribution in [0.2, 0.25) is 6.32 Å². The molecule has 2 aromatic carbocycles. The van der Waals surface area contributed by atoms with Crippen LogP contribution in [0, 0.1) is 17.2 Å². The average molecular weight is 326 g/mol. The van der Waals surface area contributed by atoms with Crippen molar-refractivity contribution < 1.29 is 0 Å². The Kier molecular flexibility index (Phi) is 5.69. The summed E-state index contributed by atoms with van der Waals surface area (Å²) in [6.45, 7) is 2.60. The predicted molar refractivity (Wildman–Crippen MR) is 102 cm³/mol. The quantitative estimate of drug-likeness (QED) is 0.622. The molecule has 1 atom stereocenters. The molecule has 0 bridgehead atoms. The van der Waals surface area contributed by atoms with E-state index < -0.39 is 0 Å². The lowest BCUT2D eigenvalue weighted by Gasteiger charge is -2.18. The molecule has 3 rings (SSSR count). The van der Waals surface area contributed by atoms with Gasteiger partial charge in [0.1, 0.15) is 0 Å². The zero-order chi connectivity index (χ0) is 17.5. The summed E-state index contributed by atoms with van der Waals surface area (Å²) >= 11 is 0. The van der Waals surface area contributed by atoms with E-state index >= 15 is 0 Å². The second-order valence-corrected chi connectivity index (χ2v) is 6.28. The first-order chi connectivity index (χ1) is 12.3. The highest BCUT2D eigenvalue weighted by atomic mass is 15.0. The van der Waals surface area contributed by atoms with Crippen molar-refractivity contribution >= 4 is 13.0 Å². The topological polar surface area (TPSA) is 41.6 Å². The molecule has 0 amide bonds. The van der Waals surface area contributed by atoms with Crippen LogP contribution < -0.4 is 5.72 Å². The molecule has 4 heteroatoms. The summed E-state index contributed by atoms with van der Waals surface area (Å²) in [5, 5.41) is 9.05. The highest BCUT2D eigenvalue weighted by Gasteiger charge is 2.16. The Morgan fingerprint density at radius 2 is 1.64 bits per heavy atom. The van der Waals surface area contributed by atoms with Crippen LogP contribution in [-0.4, -0.2) is 16.8 Å². The first-order valence-electron chi connectivity index (χ1n) is 8.61. The minimum Gasteiger partial charge on any atom is -0.342 e. The molecule has 0 fully saturated rings. The van der Waals surface area contributed by atoms with Gasteiger partial charge in [-0.1, -0.05) is 67.0 Å². The molecule has 0 aliphatic carbocycles. The zero-order valence-corrected chi connectivity index (χ0v) is 14.4. The lowest BCUT2D eigenvalue weighted by Crippen LogP contribution is -2.29. The van der Waals surface area contributed by atoms with Crippen molar-refractivity contribution in [3.63, 3.8) is 0 Å². The molecule has 0 spiro atoms. The van der Waals surface area contributed by atoms with Crippen LogP contribution in [0.1, 0.15) is 24.0 Å². The van der Waals surface area contributed by atoms with Crippen molar-refractivity contribution in [3.8, 4) is 6.07 Å². The number of nitriles is 1. The SMILES string of the molecule is CC(C#N)Cn1ccnc1[B]CC(c1ccccc1)c1ccccc1. The molecular formula is C21H21BN3. The minimum atomic E-state index is -0.0274. The number of rotatable bonds is 7. The smallest absolute Gasteiger partial charge is 0.202 e. The van der Waals surface area contributed by atoms with Crippen molar-refractivity contribution in [2.24, 2.45) is 5.92 Å². The largest absolute Gasteiger partial charge is 0.342 e. The van der Waals surface area contributed by atoms with Gasteiger partial charge in [-0.15, -0.1) is 0 Å².